The van der Waals surface area contributed by atoms with E-state index in [0.717, 1.165) is 51.3 Å². The van der Waals surface area contributed by atoms with Crippen LogP contribution >= 0.6 is 11.8 Å². The molecule has 2 aliphatic heterocycles. The SMILES string of the molecule is NCCCCCN1CCN(C(=O)C2CCCS2)CC1. The molecule has 19 heavy (non-hydrogen) atoms. The number of rotatable bonds is 6. The molecule has 0 aromatic heterocycles. The van der Waals surface area contributed by atoms with Crippen LogP contribution in [0.5, 0.6) is 0 Å². The molecule has 2 fully saturated rings. The molecule has 0 radical (unpaired) electrons. The summed E-state index contributed by atoms with van der Waals surface area (Å²) in [7, 11) is 0. The number of carbonyl (C=O) groups excluding carboxylic acids is 1. The Morgan fingerprint density at radius 1 is 1.16 bits per heavy atom. The average Bonchev–Trinajstić information content (AvgIpc) is 2.98. The zero-order chi connectivity index (χ0) is 13.5. The normalized spacial score (nSPS) is 24.9. The Morgan fingerprint density at radius 3 is 2.58 bits per heavy atom. The first-order valence-corrected chi connectivity index (χ1v) is 8.69. The molecule has 0 aromatic rings. The number of amides is 1. The molecule has 1 amide bonds. The lowest BCUT2D eigenvalue weighted by atomic mass is 10.2. The highest BCUT2D eigenvalue weighted by atomic mass is 32.2. The van der Waals surface area contributed by atoms with Gasteiger partial charge in [-0.25, -0.2) is 0 Å². The maximum Gasteiger partial charge on any atom is 0.235 e. The monoisotopic (exact) mass is 285 g/mol. The molecule has 2 N–H and O–H groups in total. The van der Waals surface area contributed by atoms with Crippen molar-refractivity contribution in [1.29, 1.82) is 0 Å². The van der Waals surface area contributed by atoms with Gasteiger partial charge in [-0.15, -0.1) is 11.8 Å². The van der Waals surface area contributed by atoms with Gasteiger partial charge in [0.25, 0.3) is 0 Å². The molecule has 110 valence electrons. The quantitative estimate of drug-likeness (QED) is 0.744. The van der Waals surface area contributed by atoms with Crippen LogP contribution in [0.3, 0.4) is 0 Å². The lowest BCUT2D eigenvalue weighted by Gasteiger charge is -2.35. The van der Waals surface area contributed by atoms with Crippen LogP contribution in [0, 0.1) is 0 Å². The van der Waals surface area contributed by atoms with Crippen molar-refractivity contribution in [3.8, 4) is 0 Å². The second-order valence-corrected chi connectivity index (χ2v) is 6.83. The van der Waals surface area contributed by atoms with E-state index in [1.54, 1.807) is 0 Å². The zero-order valence-electron chi connectivity index (χ0n) is 11.9. The van der Waals surface area contributed by atoms with Crippen LogP contribution in [0.25, 0.3) is 0 Å². The fourth-order valence-electron chi connectivity index (χ4n) is 2.82. The van der Waals surface area contributed by atoms with Gasteiger partial charge in [-0.05, 0) is 44.5 Å². The number of thioether (sulfide) groups is 1. The minimum Gasteiger partial charge on any atom is -0.339 e. The predicted molar refractivity (Wildman–Crippen MR) is 81.4 cm³/mol. The van der Waals surface area contributed by atoms with E-state index < -0.39 is 0 Å². The average molecular weight is 285 g/mol. The maximum absolute atomic E-state index is 12.3. The summed E-state index contributed by atoms with van der Waals surface area (Å²) >= 11 is 1.85. The van der Waals surface area contributed by atoms with Crippen LogP contribution in [-0.2, 0) is 4.79 Å². The van der Waals surface area contributed by atoms with Crippen LogP contribution in [0.15, 0.2) is 0 Å². The Kier molecular flexibility index (Phi) is 6.47. The molecule has 0 saturated carbocycles. The highest BCUT2D eigenvalue weighted by Gasteiger charge is 2.29. The smallest absolute Gasteiger partial charge is 0.235 e. The fourth-order valence-corrected chi connectivity index (χ4v) is 4.07. The van der Waals surface area contributed by atoms with E-state index in [1.807, 2.05) is 11.8 Å². The summed E-state index contributed by atoms with van der Waals surface area (Å²) in [6, 6.07) is 0. The standard InChI is InChI=1S/C14H27N3OS/c15-6-2-1-3-7-16-8-10-17(11-9-16)14(18)13-5-4-12-19-13/h13H,1-12,15H2. The third-order valence-corrected chi connectivity index (χ3v) is 5.43. The number of nitrogens with two attached hydrogens (primary N) is 1. The molecular weight excluding hydrogens is 258 g/mol. The van der Waals surface area contributed by atoms with Gasteiger partial charge >= 0.3 is 0 Å². The molecule has 0 bridgehead atoms. The van der Waals surface area contributed by atoms with E-state index in [0.29, 0.717) is 5.91 Å². The van der Waals surface area contributed by atoms with Gasteiger partial charge in [-0.1, -0.05) is 6.42 Å². The van der Waals surface area contributed by atoms with Crippen LogP contribution in [0.2, 0.25) is 0 Å². The molecule has 2 heterocycles. The van der Waals surface area contributed by atoms with E-state index in [1.165, 1.54) is 25.8 Å². The molecule has 4 nitrogen and oxygen atoms in total. The van der Waals surface area contributed by atoms with Crippen molar-refractivity contribution in [3.63, 3.8) is 0 Å². The molecular formula is C14H27N3OS. The van der Waals surface area contributed by atoms with Gasteiger partial charge < -0.3 is 10.6 Å². The Balaban J connectivity index is 1.63. The summed E-state index contributed by atoms with van der Waals surface area (Å²) in [4.78, 5) is 16.8. The first-order chi connectivity index (χ1) is 9.31. The van der Waals surface area contributed by atoms with Gasteiger partial charge in [0.2, 0.25) is 5.91 Å². The highest BCUT2D eigenvalue weighted by molar-refractivity contribution is 8.00. The summed E-state index contributed by atoms with van der Waals surface area (Å²) in [5.41, 5.74) is 5.50. The van der Waals surface area contributed by atoms with Gasteiger partial charge in [-0.3, -0.25) is 9.69 Å². The molecule has 2 saturated heterocycles. The van der Waals surface area contributed by atoms with Gasteiger partial charge in [0.15, 0.2) is 0 Å². The van der Waals surface area contributed by atoms with Crippen LogP contribution in [0.4, 0.5) is 0 Å². The number of nitrogens with zero attached hydrogens (tertiary/aromatic N) is 2. The lowest BCUT2D eigenvalue weighted by Crippen LogP contribution is -2.50. The number of hydrogen-bond acceptors (Lipinski definition) is 4. The number of piperazine rings is 1. The van der Waals surface area contributed by atoms with Crippen molar-refractivity contribution in [2.24, 2.45) is 5.73 Å². The first kappa shape index (κ1) is 15.1. The van der Waals surface area contributed by atoms with Gasteiger partial charge in [0.1, 0.15) is 0 Å². The summed E-state index contributed by atoms with van der Waals surface area (Å²) in [5, 5.41) is 0.260. The summed E-state index contributed by atoms with van der Waals surface area (Å²) in [5.74, 6) is 1.56. The first-order valence-electron chi connectivity index (χ1n) is 7.64. The van der Waals surface area contributed by atoms with Gasteiger partial charge in [0.05, 0.1) is 5.25 Å². The molecule has 0 spiro atoms. The van der Waals surface area contributed by atoms with Crippen molar-refractivity contribution < 1.29 is 4.79 Å². The summed E-state index contributed by atoms with van der Waals surface area (Å²) in [6.07, 6.45) is 5.90. The molecule has 5 heteroatoms. The Labute approximate surface area is 121 Å². The molecule has 0 aromatic carbocycles. The molecule has 2 aliphatic rings. The topological polar surface area (TPSA) is 49.6 Å². The van der Waals surface area contributed by atoms with E-state index >= 15 is 0 Å². The number of unbranched alkanes of at least 4 members (excludes halogenated alkanes) is 2. The lowest BCUT2D eigenvalue weighted by molar-refractivity contribution is -0.132. The predicted octanol–water partition coefficient (Wildman–Crippen LogP) is 1.16. The van der Waals surface area contributed by atoms with Crippen molar-refractivity contribution in [2.75, 3.05) is 45.0 Å². The Bertz CT molecular complexity index is 274. The fraction of sp³-hybridized carbons (Fsp3) is 0.929. The van der Waals surface area contributed by atoms with Crippen LogP contribution in [-0.4, -0.2) is 66.0 Å². The Hall–Kier alpha value is -0.260. The molecule has 1 unspecified atom stereocenters. The second-order valence-electron chi connectivity index (χ2n) is 5.52. The molecule has 0 aliphatic carbocycles. The van der Waals surface area contributed by atoms with E-state index in [4.69, 9.17) is 5.73 Å². The maximum atomic E-state index is 12.3. The van der Waals surface area contributed by atoms with Crippen LogP contribution < -0.4 is 5.73 Å². The molecule has 1 atom stereocenters. The third kappa shape index (κ3) is 4.65. The minimum absolute atomic E-state index is 0.260. The van der Waals surface area contributed by atoms with E-state index in [2.05, 4.69) is 9.80 Å². The molecule has 2 rings (SSSR count). The second kappa shape index (κ2) is 8.12. The van der Waals surface area contributed by atoms with Crippen molar-refractivity contribution in [2.45, 2.75) is 37.4 Å². The van der Waals surface area contributed by atoms with Gasteiger partial charge in [-0.2, -0.15) is 0 Å². The van der Waals surface area contributed by atoms with Crippen LogP contribution in [0.1, 0.15) is 32.1 Å². The largest absolute Gasteiger partial charge is 0.339 e. The Morgan fingerprint density at radius 2 is 1.95 bits per heavy atom. The zero-order valence-corrected chi connectivity index (χ0v) is 12.7. The van der Waals surface area contributed by atoms with Crippen molar-refractivity contribution in [1.82, 2.24) is 9.80 Å². The van der Waals surface area contributed by atoms with Crippen molar-refractivity contribution in [3.05, 3.63) is 0 Å². The third-order valence-electron chi connectivity index (χ3n) is 4.07. The van der Waals surface area contributed by atoms with Crippen molar-refractivity contribution >= 4 is 17.7 Å². The summed E-state index contributed by atoms with van der Waals surface area (Å²) < 4.78 is 0. The highest BCUT2D eigenvalue weighted by Crippen LogP contribution is 2.28. The minimum atomic E-state index is 0.260. The number of carbonyl (C=O) groups is 1. The number of hydrogen-bond donors (Lipinski definition) is 1. The summed E-state index contributed by atoms with van der Waals surface area (Å²) in [6.45, 7) is 5.92. The van der Waals surface area contributed by atoms with Gasteiger partial charge in [0, 0.05) is 26.2 Å². The van der Waals surface area contributed by atoms with E-state index in [9.17, 15) is 4.79 Å². The van der Waals surface area contributed by atoms with E-state index in [-0.39, 0.29) is 5.25 Å².